The van der Waals surface area contributed by atoms with Crippen molar-refractivity contribution in [3.05, 3.63) is 23.8 Å². The van der Waals surface area contributed by atoms with Crippen LogP contribution in [0.3, 0.4) is 0 Å². The number of benzene rings is 1. The summed E-state index contributed by atoms with van der Waals surface area (Å²) in [5.41, 5.74) is -0.0163. The number of nitrogens with one attached hydrogen (secondary N) is 2. The Bertz CT molecular complexity index is 537. The van der Waals surface area contributed by atoms with Crippen LogP contribution < -0.4 is 15.5 Å². The van der Waals surface area contributed by atoms with Crippen molar-refractivity contribution in [3.8, 4) is 0 Å². The minimum atomic E-state index is -4.43. The number of hydrogen-bond acceptors (Lipinski definition) is 3. The third-order valence-electron chi connectivity index (χ3n) is 3.77. The number of hydrogen-bond donors (Lipinski definition) is 2. The summed E-state index contributed by atoms with van der Waals surface area (Å²) in [5.74, 6) is -0.380. The first kappa shape index (κ1) is 16.6. The van der Waals surface area contributed by atoms with Gasteiger partial charge < -0.3 is 15.5 Å². The summed E-state index contributed by atoms with van der Waals surface area (Å²) in [6, 6.07) is 3.39. The number of carbonyl (C=O) groups excluding carboxylic acids is 1. The van der Waals surface area contributed by atoms with Gasteiger partial charge in [-0.15, -0.1) is 0 Å². The van der Waals surface area contributed by atoms with Crippen LogP contribution in [0.25, 0.3) is 0 Å². The third kappa shape index (κ3) is 3.91. The molecule has 1 aromatic carbocycles. The lowest BCUT2D eigenvalue weighted by atomic mass is 9.97. The first-order valence-electron chi connectivity index (χ1n) is 7.19. The molecule has 0 unspecified atom stereocenters. The molecule has 2 rings (SSSR count). The monoisotopic (exact) mass is 315 g/mol. The highest BCUT2D eigenvalue weighted by Gasteiger charge is 2.31. The molecule has 0 saturated carbocycles. The summed E-state index contributed by atoms with van der Waals surface area (Å²) in [5, 5.41) is 5.82. The highest BCUT2D eigenvalue weighted by Crippen LogP contribution is 2.35. The molecule has 22 heavy (non-hydrogen) atoms. The smallest absolute Gasteiger partial charge is 0.376 e. The van der Waals surface area contributed by atoms with Gasteiger partial charge in [0.15, 0.2) is 0 Å². The van der Waals surface area contributed by atoms with E-state index in [4.69, 9.17) is 0 Å². The van der Waals surface area contributed by atoms with Gasteiger partial charge in [-0.05, 0) is 44.1 Å². The molecule has 0 bridgehead atoms. The largest absolute Gasteiger partial charge is 0.416 e. The summed E-state index contributed by atoms with van der Waals surface area (Å²) >= 11 is 0. The van der Waals surface area contributed by atoms with Crippen LogP contribution in [0.2, 0.25) is 0 Å². The molecular formula is C15H20F3N3O. The molecule has 122 valence electrons. The third-order valence-corrected chi connectivity index (χ3v) is 3.77. The van der Waals surface area contributed by atoms with Gasteiger partial charge in [-0.3, -0.25) is 4.79 Å². The summed E-state index contributed by atoms with van der Waals surface area (Å²) in [4.78, 5) is 13.9. The number of alkyl halides is 3. The average Bonchev–Trinajstić information content (AvgIpc) is 2.47. The molecule has 1 fully saturated rings. The summed E-state index contributed by atoms with van der Waals surface area (Å²) in [6.07, 6.45) is -3.04. The van der Waals surface area contributed by atoms with Crippen molar-refractivity contribution >= 4 is 17.3 Å². The zero-order chi connectivity index (χ0) is 16.3. The molecule has 4 nitrogen and oxygen atoms in total. The Morgan fingerprint density at radius 3 is 2.45 bits per heavy atom. The van der Waals surface area contributed by atoms with Gasteiger partial charge >= 0.3 is 6.18 Å². The number of carbonyl (C=O) groups is 1. The quantitative estimate of drug-likeness (QED) is 0.901. The van der Waals surface area contributed by atoms with E-state index in [1.807, 2.05) is 0 Å². The lowest BCUT2D eigenvalue weighted by Gasteiger charge is -2.24. The number of nitrogens with zero attached hydrogens (tertiary/aromatic N) is 1. The van der Waals surface area contributed by atoms with Gasteiger partial charge in [-0.2, -0.15) is 13.2 Å². The Labute approximate surface area is 127 Å². The second-order valence-electron chi connectivity index (χ2n) is 5.64. The van der Waals surface area contributed by atoms with Crippen molar-refractivity contribution in [2.24, 2.45) is 5.92 Å². The fraction of sp³-hybridized carbons (Fsp3) is 0.533. The van der Waals surface area contributed by atoms with Crippen LogP contribution in [0.15, 0.2) is 18.2 Å². The highest BCUT2D eigenvalue weighted by atomic mass is 19.4. The van der Waals surface area contributed by atoms with Gasteiger partial charge in [0.1, 0.15) is 0 Å². The van der Waals surface area contributed by atoms with Crippen molar-refractivity contribution in [1.82, 2.24) is 5.32 Å². The van der Waals surface area contributed by atoms with Gasteiger partial charge in [0.25, 0.3) is 0 Å². The Kier molecular flexibility index (Phi) is 4.95. The first-order valence-corrected chi connectivity index (χ1v) is 7.19. The van der Waals surface area contributed by atoms with E-state index in [9.17, 15) is 18.0 Å². The molecule has 1 aliphatic rings. The standard InChI is InChI=1S/C15H20F3N3O/c1-21(2)13-4-3-11(15(16,17)18)9-12(13)20-14(22)10-5-7-19-8-6-10/h3-4,9-10,19H,5-8H2,1-2H3,(H,20,22). The maximum Gasteiger partial charge on any atom is 0.416 e. The molecule has 0 radical (unpaired) electrons. The molecule has 0 spiro atoms. The van der Waals surface area contributed by atoms with Crippen LogP contribution in [-0.4, -0.2) is 33.1 Å². The van der Waals surface area contributed by atoms with E-state index in [0.29, 0.717) is 18.5 Å². The molecule has 7 heteroatoms. The van der Waals surface area contributed by atoms with E-state index in [0.717, 1.165) is 25.2 Å². The molecular weight excluding hydrogens is 295 g/mol. The SMILES string of the molecule is CN(C)c1ccc(C(F)(F)F)cc1NC(=O)C1CCNCC1. The van der Waals surface area contributed by atoms with Crippen LogP contribution in [0.5, 0.6) is 0 Å². The normalized spacial score (nSPS) is 16.4. The van der Waals surface area contributed by atoms with Crippen LogP contribution in [-0.2, 0) is 11.0 Å². The van der Waals surface area contributed by atoms with E-state index in [2.05, 4.69) is 10.6 Å². The summed E-state index contributed by atoms with van der Waals surface area (Å²) < 4.78 is 38.6. The Hall–Kier alpha value is -1.76. The second kappa shape index (κ2) is 6.56. The second-order valence-corrected chi connectivity index (χ2v) is 5.64. The van der Waals surface area contributed by atoms with Gasteiger partial charge in [-0.25, -0.2) is 0 Å². The zero-order valence-electron chi connectivity index (χ0n) is 12.6. The van der Waals surface area contributed by atoms with Gasteiger partial charge in [0, 0.05) is 20.0 Å². The molecule has 0 atom stereocenters. The van der Waals surface area contributed by atoms with Crippen molar-refractivity contribution in [3.63, 3.8) is 0 Å². The Morgan fingerprint density at radius 2 is 1.91 bits per heavy atom. The molecule has 0 aromatic heterocycles. The minimum absolute atomic E-state index is 0.161. The molecule has 2 N–H and O–H groups in total. The number of piperidine rings is 1. The molecule has 1 saturated heterocycles. The molecule has 1 amide bonds. The summed E-state index contributed by atoms with van der Waals surface area (Å²) in [7, 11) is 3.45. The van der Waals surface area contributed by atoms with Crippen molar-refractivity contribution in [2.75, 3.05) is 37.4 Å². The molecule has 1 aliphatic heterocycles. The maximum absolute atomic E-state index is 12.9. The minimum Gasteiger partial charge on any atom is -0.376 e. The average molecular weight is 315 g/mol. The van der Waals surface area contributed by atoms with Crippen molar-refractivity contribution < 1.29 is 18.0 Å². The highest BCUT2D eigenvalue weighted by molar-refractivity contribution is 5.96. The number of halogens is 3. The zero-order valence-corrected chi connectivity index (χ0v) is 12.6. The number of amides is 1. The fourth-order valence-electron chi connectivity index (χ4n) is 2.52. The van der Waals surface area contributed by atoms with Gasteiger partial charge in [0.2, 0.25) is 5.91 Å². The van der Waals surface area contributed by atoms with E-state index in [-0.39, 0.29) is 17.5 Å². The van der Waals surface area contributed by atoms with Crippen molar-refractivity contribution in [2.45, 2.75) is 19.0 Å². The maximum atomic E-state index is 12.9. The number of rotatable bonds is 3. The summed E-state index contributed by atoms with van der Waals surface area (Å²) in [6.45, 7) is 1.50. The van der Waals surface area contributed by atoms with Crippen LogP contribution in [0.4, 0.5) is 24.5 Å². The topological polar surface area (TPSA) is 44.4 Å². The van der Waals surface area contributed by atoms with Crippen LogP contribution >= 0.6 is 0 Å². The fourth-order valence-corrected chi connectivity index (χ4v) is 2.52. The Balaban J connectivity index is 2.24. The molecule has 1 aromatic rings. The van der Waals surface area contributed by atoms with Crippen molar-refractivity contribution in [1.29, 1.82) is 0 Å². The van der Waals surface area contributed by atoms with E-state index in [1.165, 1.54) is 6.07 Å². The predicted molar refractivity (Wildman–Crippen MR) is 80.0 cm³/mol. The van der Waals surface area contributed by atoms with E-state index in [1.54, 1.807) is 19.0 Å². The lowest BCUT2D eigenvalue weighted by molar-refractivity contribution is -0.137. The Morgan fingerprint density at radius 1 is 1.27 bits per heavy atom. The first-order chi connectivity index (χ1) is 10.3. The van der Waals surface area contributed by atoms with E-state index >= 15 is 0 Å². The predicted octanol–water partition coefficient (Wildman–Crippen LogP) is 2.71. The number of anilines is 2. The van der Waals surface area contributed by atoms with Gasteiger partial charge in [0.05, 0.1) is 16.9 Å². The molecule has 0 aliphatic carbocycles. The van der Waals surface area contributed by atoms with Gasteiger partial charge in [-0.1, -0.05) is 0 Å². The lowest BCUT2D eigenvalue weighted by Crippen LogP contribution is -2.34. The van der Waals surface area contributed by atoms with E-state index < -0.39 is 11.7 Å². The van der Waals surface area contributed by atoms with Crippen LogP contribution in [0, 0.1) is 5.92 Å². The molecule has 1 heterocycles. The van der Waals surface area contributed by atoms with Crippen LogP contribution in [0.1, 0.15) is 18.4 Å².